The minimum atomic E-state index is -0.292. The van der Waals surface area contributed by atoms with Crippen LogP contribution in [0.3, 0.4) is 0 Å². The lowest BCUT2D eigenvalue weighted by atomic mass is 9.86. The van der Waals surface area contributed by atoms with Gasteiger partial charge in [-0.3, -0.25) is 14.5 Å². The summed E-state index contributed by atoms with van der Waals surface area (Å²) in [6.07, 6.45) is 5.57. The van der Waals surface area contributed by atoms with Gasteiger partial charge in [0.25, 0.3) is 0 Å². The summed E-state index contributed by atoms with van der Waals surface area (Å²) in [6, 6.07) is 6.64. The summed E-state index contributed by atoms with van der Waals surface area (Å²) in [5, 5.41) is 3.88. The molecule has 0 saturated carbocycles. The maximum absolute atomic E-state index is 15.1. The SMILES string of the molecule is CCOC(=O)C1CCN([C@H](c2ccccc2F)c2c(NC(C)=O)sc3c2CCCC3)CC1. The normalized spacial score (nSPS) is 18.1. The standard InChI is InChI=1S/C25H31FN2O3S/c1-3-31-25(30)17-12-14-28(15-13-17)23(18-8-4-6-10-20(18)26)22-19-9-5-7-11-21(19)32-24(22)27-16(2)29/h4,6,8,10,17,23H,3,5,7,9,11-15H2,1-2H3,(H,27,29)/t23-/m1/s1. The van der Waals surface area contributed by atoms with Crippen LogP contribution in [0.4, 0.5) is 9.39 Å². The number of carbonyl (C=O) groups excluding carboxylic acids is 2. The molecular weight excluding hydrogens is 427 g/mol. The zero-order chi connectivity index (χ0) is 22.7. The van der Waals surface area contributed by atoms with Crippen molar-refractivity contribution >= 4 is 28.2 Å². The van der Waals surface area contributed by atoms with Crippen molar-refractivity contribution in [1.29, 1.82) is 0 Å². The number of anilines is 1. The van der Waals surface area contributed by atoms with Crippen molar-refractivity contribution in [2.45, 2.75) is 58.4 Å². The van der Waals surface area contributed by atoms with Gasteiger partial charge < -0.3 is 10.1 Å². The number of rotatable bonds is 6. The monoisotopic (exact) mass is 458 g/mol. The molecule has 2 aliphatic rings. The van der Waals surface area contributed by atoms with Gasteiger partial charge in [-0.05, 0) is 70.2 Å². The summed E-state index contributed by atoms with van der Waals surface area (Å²) < 4.78 is 20.4. The summed E-state index contributed by atoms with van der Waals surface area (Å²) in [5.41, 5.74) is 2.94. The van der Waals surface area contributed by atoms with E-state index in [0.717, 1.165) is 36.2 Å². The zero-order valence-electron chi connectivity index (χ0n) is 18.8. The summed E-state index contributed by atoms with van der Waals surface area (Å²) in [6.45, 7) is 5.08. The number of benzene rings is 1. The average molecular weight is 459 g/mol. The Morgan fingerprint density at radius 1 is 1.22 bits per heavy atom. The second kappa shape index (κ2) is 10.1. The lowest BCUT2D eigenvalue weighted by Gasteiger charge is -2.38. The van der Waals surface area contributed by atoms with Crippen molar-refractivity contribution in [2.24, 2.45) is 5.92 Å². The Hall–Kier alpha value is -2.25. The van der Waals surface area contributed by atoms with Crippen LogP contribution in [-0.4, -0.2) is 36.5 Å². The Kier molecular flexibility index (Phi) is 7.26. The summed E-state index contributed by atoms with van der Waals surface area (Å²) in [7, 11) is 0. The number of aryl methyl sites for hydroxylation is 1. The van der Waals surface area contributed by atoms with Gasteiger partial charge in [0.15, 0.2) is 0 Å². The lowest BCUT2D eigenvalue weighted by molar-refractivity contribution is -0.149. The molecule has 1 aliphatic carbocycles. The highest BCUT2D eigenvalue weighted by Gasteiger charge is 2.36. The Morgan fingerprint density at radius 3 is 2.62 bits per heavy atom. The third-order valence-electron chi connectivity index (χ3n) is 6.49. The zero-order valence-corrected chi connectivity index (χ0v) is 19.6. The molecule has 5 nitrogen and oxygen atoms in total. The molecule has 0 bridgehead atoms. The highest BCUT2D eigenvalue weighted by Crippen LogP contribution is 2.46. The van der Waals surface area contributed by atoms with Crippen LogP contribution >= 0.6 is 11.3 Å². The number of hydrogen-bond donors (Lipinski definition) is 1. The van der Waals surface area contributed by atoms with E-state index in [4.69, 9.17) is 4.74 Å². The second-order valence-electron chi connectivity index (χ2n) is 8.62. The largest absolute Gasteiger partial charge is 0.466 e. The molecule has 1 amide bonds. The summed E-state index contributed by atoms with van der Waals surface area (Å²) in [5.74, 6) is -0.604. The van der Waals surface area contributed by atoms with E-state index in [-0.39, 0.29) is 29.7 Å². The summed E-state index contributed by atoms with van der Waals surface area (Å²) >= 11 is 1.64. The minimum absolute atomic E-state index is 0.112. The number of likely N-dealkylation sites (tertiary alicyclic amines) is 1. The predicted octanol–water partition coefficient (Wildman–Crippen LogP) is 5.09. The summed E-state index contributed by atoms with van der Waals surface area (Å²) in [4.78, 5) is 27.8. The van der Waals surface area contributed by atoms with Crippen LogP contribution in [0.15, 0.2) is 24.3 Å². The van der Waals surface area contributed by atoms with Gasteiger partial charge in [-0.25, -0.2) is 4.39 Å². The van der Waals surface area contributed by atoms with Crippen molar-refractivity contribution in [3.8, 4) is 0 Å². The third kappa shape index (κ3) is 4.74. The molecule has 1 saturated heterocycles. The van der Waals surface area contributed by atoms with E-state index < -0.39 is 0 Å². The number of thiophene rings is 1. The maximum Gasteiger partial charge on any atom is 0.309 e. The molecule has 1 aromatic heterocycles. The molecule has 0 unspecified atom stereocenters. The van der Waals surface area contributed by atoms with E-state index >= 15 is 4.39 Å². The van der Waals surface area contributed by atoms with E-state index in [0.29, 0.717) is 38.1 Å². The fourth-order valence-electron chi connectivity index (χ4n) is 5.02. The van der Waals surface area contributed by atoms with Gasteiger partial charge in [0.2, 0.25) is 5.91 Å². The predicted molar refractivity (Wildman–Crippen MR) is 124 cm³/mol. The van der Waals surface area contributed by atoms with Gasteiger partial charge in [0.05, 0.1) is 18.6 Å². The molecule has 1 fully saturated rings. The van der Waals surface area contributed by atoms with Gasteiger partial charge in [0, 0.05) is 22.9 Å². The highest BCUT2D eigenvalue weighted by atomic mass is 32.1. The molecule has 0 spiro atoms. The maximum atomic E-state index is 15.1. The van der Waals surface area contributed by atoms with E-state index in [1.54, 1.807) is 17.4 Å². The fraction of sp³-hybridized carbons (Fsp3) is 0.520. The van der Waals surface area contributed by atoms with Crippen molar-refractivity contribution in [2.75, 3.05) is 25.0 Å². The van der Waals surface area contributed by atoms with Crippen LogP contribution in [-0.2, 0) is 27.2 Å². The second-order valence-corrected chi connectivity index (χ2v) is 9.73. The molecule has 1 aromatic carbocycles. The number of halogens is 1. The van der Waals surface area contributed by atoms with Crippen molar-refractivity contribution in [3.05, 3.63) is 51.7 Å². The van der Waals surface area contributed by atoms with Crippen molar-refractivity contribution in [3.63, 3.8) is 0 Å². The molecule has 32 heavy (non-hydrogen) atoms. The van der Waals surface area contributed by atoms with Gasteiger partial charge in [-0.2, -0.15) is 0 Å². The molecule has 0 radical (unpaired) electrons. The number of carbonyl (C=O) groups is 2. The van der Waals surface area contributed by atoms with Crippen LogP contribution in [0, 0.1) is 11.7 Å². The molecule has 1 aliphatic heterocycles. The van der Waals surface area contributed by atoms with E-state index in [9.17, 15) is 9.59 Å². The minimum Gasteiger partial charge on any atom is -0.466 e. The van der Waals surface area contributed by atoms with E-state index in [1.807, 2.05) is 19.1 Å². The van der Waals surface area contributed by atoms with E-state index in [2.05, 4.69) is 10.2 Å². The fourth-order valence-corrected chi connectivity index (χ4v) is 6.38. The molecule has 2 heterocycles. The number of amides is 1. The van der Waals surface area contributed by atoms with Gasteiger partial charge >= 0.3 is 5.97 Å². The van der Waals surface area contributed by atoms with Crippen LogP contribution in [0.2, 0.25) is 0 Å². The van der Waals surface area contributed by atoms with Gasteiger partial charge in [0.1, 0.15) is 10.8 Å². The number of esters is 1. The average Bonchev–Trinajstić information content (AvgIpc) is 3.13. The smallest absolute Gasteiger partial charge is 0.309 e. The van der Waals surface area contributed by atoms with E-state index in [1.165, 1.54) is 23.4 Å². The molecule has 172 valence electrons. The Morgan fingerprint density at radius 2 is 1.94 bits per heavy atom. The number of nitrogens with zero attached hydrogens (tertiary/aromatic N) is 1. The quantitative estimate of drug-likeness (QED) is 0.613. The number of fused-ring (bicyclic) bond motifs is 1. The van der Waals surface area contributed by atoms with Crippen molar-refractivity contribution in [1.82, 2.24) is 4.90 Å². The van der Waals surface area contributed by atoms with Gasteiger partial charge in [-0.1, -0.05) is 18.2 Å². The Labute approximate surface area is 193 Å². The number of hydrogen-bond acceptors (Lipinski definition) is 5. The molecule has 1 atom stereocenters. The molecule has 1 N–H and O–H groups in total. The van der Waals surface area contributed by atoms with Crippen molar-refractivity contribution < 1.29 is 18.7 Å². The number of ether oxygens (including phenoxy) is 1. The Balaban J connectivity index is 1.74. The molecule has 7 heteroatoms. The number of piperidine rings is 1. The van der Waals surface area contributed by atoms with Crippen LogP contribution < -0.4 is 5.32 Å². The molecule has 2 aromatic rings. The number of nitrogens with one attached hydrogen (secondary N) is 1. The highest BCUT2D eigenvalue weighted by molar-refractivity contribution is 7.16. The molecular formula is C25H31FN2O3S. The molecule has 4 rings (SSSR count). The van der Waals surface area contributed by atoms with Crippen LogP contribution in [0.5, 0.6) is 0 Å². The first-order chi connectivity index (χ1) is 15.5. The van der Waals surface area contributed by atoms with Crippen LogP contribution in [0.25, 0.3) is 0 Å². The van der Waals surface area contributed by atoms with Crippen LogP contribution in [0.1, 0.15) is 67.1 Å². The topological polar surface area (TPSA) is 58.6 Å². The Bertz CT molecular complexity index is 982. The first-order valence-electron chi connectivity index (χ1n) is 11.6. The first kappa shape index (κ1) is 22.9. The first-order valence-corrected chi connectivity index (χ1v) is 12.4. The van der Waals surface area contributed by atoms with Gasteiger partial charge in [-0.15, -0.1) is 11.3 Å². The lowest BCUT2D eigenvalue weighted by Crippen LogP contribution is -2.40. The third-order valence-corrected chi connectivity index (χ3v) is 7.71.